The molecular weight excluding hydrogens is 254 g/mol. The molecule has 20 heavy (non-hydrogen) atoms. The van der Waals surface area contributed by atoms with Crippen molar-refractivity contribution in [2.45, 2.75) is 26.9 Å². The van der Waals surface area contributed by atoms with Crippen LogP contribution in [-0.4, -0.2) is 9.91 Å². The second kappa shape index (κ2) is 6.25. The van der Waals surface area contributed by atoms with E-state index in [4.69, 9.17) is 0 Å². The van der Waals surface area contributed by atoms with Gasteiger partial charge in [-0.1, -0.05) is 18.2 Å². The van der Waals surface area contributed by atoms with Crippen LogP contribution >= 0.6 is 0 Å². The average Bonchev–Trinajstić information content (AvgIpc) is 2.40. The first-order chi connectivity index (χ1) is 9.58. The van der Waals surface area contributed by atoms with Gasteiger partial charge in [0.2, 0.25) is 0 Å². The lowest BCUT2D eigenvalue weighted by atomic mass is 10.1. The maximum absolute atomic E-state index is 10.9. The van der Waals surface area contributed by atoms with E-state index in [0.717, 1.165) is 16.7 Å². The Kier molecular flexibility index (Phi) is 4.42. The molecule has 0 aliphatic rings. The minimum Gasteiger partial charge on any atom is -0.309 e. The molecular formula is C15H17N3O2. The van der Waals surface area contributed by atoms with E-state index in [-0.39, 0.29) is 10.6 Å². The molecule has 104 valence electrons. The number of aryl methyl sites for hydroxylation is 1. The van der Waals surface area contributed by atoms with Crippen LogP contribution in [0, 0.1) is 24.0 Å². The Labute approximate surface area is 117 Å². The van der Waals surface area contributed by atoms with Crippen molar-refractivity contribution in [2.24, 2.45) is 0 Å². The molecule has 0 radical (unpaired) electrons. The lowest BCUT2D eigenvalue weighted by Crippen LogP contribution is -2.14. The zero-order chi connectivity index (χ0) is 14.5. The fraction of sp³-hybridized carbons (Fsp3) is 0.267. The first kappa shape index (κ1) is 14.1. The largest absolute Gasteiger partial charge is 0.309 e. The summed E-state index contributed by atoms with van der Waals surface area (Å²) in [5.74, 6) is 0. The van der Waals surface area contributed by atoms with Gasteiger partial charge in [-0.15, -0.1) is 0 Å². The summed E-state index contributed by atoms with van der Waals surface area (Å²) in [4.78, 5) is 14.7. The van der Waals surface area contributed by atoms with E-state index in [2.05, 4.69) is 16.4 Å². The van der Waals surface area contributed by atoms with E-state index in [0.29, 0.717) is 18.7 Å². The van der Waals surface area contributed by atoms with Gasteiger partial charge in [-0.3, -0.25) is 15.1 Å². The monoisotopic (exact) mass is 271 g/mol. The van der Waals surface area contributed by atoms with Crippen LogP contribution in [0.3, 0.4) is 0 Å². The number of nitro benzene ring substituents is 1. The highest BCUT2D eigenvalue weighted by Gasteiger charge is 2.12. The molecule has 0 aliphatic carbocycles. The summed E-state index contributed by atoms with van der Waals surface area (Å²) in [5.41, 5.74) is 4.05. The van der Waals surface area contributed by atoms with Gasteiger partial charge < -0.3 is 5.32 Å². The molecule has 2 aromatic rings. The Morgan fingerprint density at radius 1 is 1.25 bits per heavy atom. The Morgan fingerprint density at radius 3 is 2.75 bits per heavy atom. The van der Waals surface area contributed by atoms with Gasteiger partial charge in [0.25, 0.3) is 5.69 Å². The topological polar surface area (TPSA) is 68.1 Å². The standard InChI is InChI=1S/C15H17N3O2/c1-11-6-13(8-16-7-11)9-17-10-14-4-3-5-15(12(14)2)18(19)20/h3-8,17H,9-10H2,1-2H3. The predicted molar refractivity (Wildman–Crippen MR) is 77.4 cm³/mol. The van der Waals surface area contributed by atoms with Gasteiger partial charge in [-0.05, 0) is 30.5 Å². The maximum atomic E-state index is 10.9. The Bertz CT molecular complexity index is 626. The van der Waals surface area contributed by atoms with Gasteiger partial charge in [0.1, 0.15) is 0 Å². The van der Waals surface area contributed by atoms with Crippen molar-refractivity contribution < 1.29 is 4.92 Å². The van der Waals surface area contributed by atoms with E-state index in [1.807, 2.05) is 25.4 Å². The number of nitrogens with zero attached hydrogens (tertiary/aromatic N) is 2. The van der Waals surface area contributed by atoms with Crippen LogP contribution in [0.4, 0.5) is 5.69 Å². The fourth-order valence-corrected chi connectivity index (χ4v) is 2.11. The summed E-state index contributed by atoms with van der Waals surface area (Å²) in [6, 6.07) is 7.23. The van der Waals surface area contributed by atoms with Crippen molar-refractivity contribution in [2.75, 3.05) is 0 Å². The van der Waals surface area contributed by atoms with Gasteiger partial charge in [0, 0.05) is 37.1 Å². The van der Waals surface area contributed by atoms with Crippen LogP contribution in [-0.2, 0) is 13.1 Å². The number of hydrogen-bond acceptors (Lipinski definition) is 4. The molecule has 0 saturated heterocycles. The van der Waals surface area contributed by atoms with Gasteiger partial charge in [-0.2, -0.15) is 0 Å². The van der Waals surface area contributed by atoms with Crippen LogP contribution < -0.4 is 5.32 Å². The number of pyridine rings is 1. The van der Waals surface area contributed by atoms with Crippen molar-refractivity contribution in [1.29, 1.82) is 0 Å². The Morgan fingerprint density at radius 2 is 2.05 bits per heavy atom. The molecule has 0 aliphatic heterocycles. The highest BCUT2D eigenvalue weighted by molar-refractivity contribution is 5.44. The van der Waals surface area contributed by atoms with Crippen molar-refractivity contribution >= 4 is 5.69 Å². The zero-order valence-corrected chi connectivity index (χ0v) is 11.6. The van der Waals surface area contributed by atoms with E-state index in [9.17, 15) is 10.1 Å². The molecule has 5 heteroatoms. The van der Waals surface area contributed by atoms with Gasteiger partial charge in [0.05, 0.1) is 4.92 Å². The molecule has 2 rings (SSSR count). The van der Waals surface area contributed by atoms with E-state index in [1.54, 1.807) is 13.0 Å². The molecule has 0 saturated carbocycles. The summed E-state index contributed by atoms with van der Waals surface area (Å²) < 4.78 is 0. The van der Waals surface area contributed by atoms with E-state index < -0.39 is 0 Å². The number of rotatable bonds is 5. The van der Waals surface area contributed by atoms with Gasteiger partial charge in [0.15, 0.2) is 0 Å². The Balaban J connectivity index is 2.01. The summed E-state index contributed by atoms with van der Waals surface area (Å²) in [6.45, 7) is 5.07. The smallest absolute Gasteiger partial charge is 0.272 e. The zero-order valence-electron chi connectivity index (χ0n) is 11.6. The summed E-state index contributed by atoms with van der Waals surface area (Å²) in [5, 5.41) is 14.2. The van der Waals surface area contributed by atoms with Gasteiger partial charge >= 0.3 is 0 Å². The molecule has 0 amide bonds. The highest BCUT2D eigenvalue weighted by atomic mass is 16.6. The molecule has 0 spiro atoms. The third-order valence-corrected chi connectivity index (χ3v) is 3.19. The van der Waals surface area contributed by atoms with Crippen LogP contribution in [0.1, 0.15) is 22.3 Å². The third-order valence-electron chi connectivity index (χ3n) is 3.19. The lowest BCUT2D eigenvalue weighted by molar-refractivity contribution is -0.385. The van der Waals surface area contributed by atoms with E-state index in [1.165, 1.54) is 6.07 Å². The molecule has 0 unspecified atom stereocenters. The SMILES string of the molecule is Cc1cncc(CNCc2cccc([N+](=O)[O-])c2C)c1. The number of nitro groups is 1. The third kappa shape index (κ3) is 3.39. The van der Waals surface area contributed by atoms with E-state index >= 15 is 0 Å². The minimum atomic E-state index is -0.344. The average molecular weight is 271 g/mol. The molecule has 5 nitrogen and oxygen atoms in total. The molecule has 1 N–H and O–H groups in total. The van der Waals surface area contributed by atoms with Gasteiger partial charge in [-0.25, -0.2) is 0 Å². The lowest BCUT2D eigenvalue weighted by Gasteiger charge is -2.08. The van der Waals surface area contributed by atoms with Crippen molar-refractivity contribution in [1.82, 2.24) is 10.3 Å². The molecule has 1 aromatic carbocycles. The number of aromatic nitrogens is 1. The molecule has 0 atom stereocenters. The molecule has 0 bridgehead atoms. The second-order valence-corrected chi connectivity index (χ2v) is 4.79. The number of hydrogen-bond donors (Lipinski definition) is 1. The summed E-state index contributed by atoms with van der Waals surface area (Å²) in [7, 11) is 0. The number of nitrogens with one attached hydrogen (secondary N) is 1. The minimum absolute atomic E-state index is 0.168. The molecule has 1 aromatic heterocycles. The summed E-state index contributed by atoms with van der Waals surface area (Å²) in [6.07, 6.45) is 3.63. The number of benzene rings is 1. The fourth-order valence-electron chi connectivity index (χ4n) is 2.11. The van der Waals surface area contributed by atoms with Crippen LogP contribution in [0.15, 0.2) is 36.7 Å². The highest BCUT2D eigenvalue weighted by Crippen LogP contribution is 2.20. The first-order valence-corrected chi connectivity index (χ1v) is 6.42. The van der Waals surface area contributed by atoms with Crippen LogP contribution in [0.25, 0.3) is 0 Å². The van der Waals surface area contributed by atoms with Crippen LogP contribution in [0.5, 0.6) is 0 Å². The Hall–Kier alpha value is -2.27. The van der Waals surface area contributed by atoms with Crippen molar-refractivity contribution in [3.63, 3.8) is 0 Å². The van der Waals surface area contributed by atoms with Crippen LogP contribution in [0.2, 0.25) is 0 Å². The predicted octanol–water partition coefficient (Wildman–Crippen LogP) is 2.90. The molecule has 1 heterocycles. The van der Waals surface area contributed by atoms with Crippen molar-refractivity contribution in [3.05, 3.63) is 69.0 Å². The quantitative estimate of drug-likeness (QED) is 0.670. The normalized spacial score (nSPS) is 10.5. The first-order valence-electron chi connectivity index (χ1n) is 6.42. The second-order valence-electron chi connectivity index (χ2n) is 4.79. The molecule has 0 fully saturated rings. The van der Waals surface area contributed by atoms with Crippen molar-refractivity contribution in [3.8, 4) is 0 Å². The summed E-state index contributed by atoms with van der Waals surface area (Å²) >= 11 is 0. The maximum Gasteiger partial charge on any atom is 0.272 e.